The minimum Gasteiger partial charge on any atom is -0.464 e. The molecule has 2 aromatic rings. The molecule has 0 saturated carbocycles. The summed E-state index contributed by atoms with van der Waals surface area (Å²) in [4.78, 5) is 25.3. The Bertz CT molecular complexity index is 607. The van der Waals surface area contributed by atoms with Crippen LogP contribution in [0.15, 0.2) is 30.6 Å². The van der Waals surface area contributed by atoms with Gasteiger partial charge in [-0.25, -0.2) is 14.8 Å². The molecule has 0 N–H and O–H groups in total. The SMILES string of the molecule is COC(=O)c1cc(N(C)Cc2cccnc2)nc(Cl)n1. The van der Waals surface area contributed by atoms with E-state index in [0.29, 0.717) is 12.4 Å². The summed E-state index contributed by atoms with van der Waals surface area (Å²) in [5.74, 6) is -0.0143. The molecule has 2 aromatic heterocycles. The second-order valence-corrected chi connectivity index (χ2v) is 4.43. The molecule has 0 aliphatic heterocycles. The highest BCUT2D eigenvalue weighted by Crippen LogP contribution is 2.16. The molecule has 2 heterocycles. The van der Waals surface area contributed by atoms with Crippen molar-refractivity contribution < 1.29 is 9.53 Å². The Morgan fingerprint density at radius 3 is 2.90 bits per heavy atom. The van der Waals surface area contributed by atoms with E-state index in [1.165, 1.54) is 13.2 Å². The Morgan fingerprint density at radius 2 is 2.25 bits per heavy atom. The van der Waals surface area contributed by atoms with Crippen molar-refractivity contribution in [3.8, 4) is 0 Å². The average molecular weight is 293 g/mol. The second kappa shape index (κ2) is 6.29. The number of carbonyl (C=O) groups excluding carboxylic acids is 1. The molecule has 0 atom stereocenters. The molecular weight excluding hydrogens is 280 g/mol. The Balaban J connectivity index is 2.23. The lowest BCUT2D eigenvalue weighted by Crippen LogP contribution is -2.19. The first-order valence-electron chi connectivity index (χ1n) is 5.83. The highest BCUT2D eigenvalue weighted by Gasteiger charge is 2.13. The van der Waals surface area contributed by atoms with E-state index < -0.39 is 5.97 Å². The molecule has 0 aliphatic carbocycles. The first kappa shape index (κ1) is 14.2. The molecule has 104 valence electrons. The molecule has 6 nitrogen and oxygen atoms in total. The molecule has 0 aliphatic rings. The summed E-state index contributed by atoms with van der Waals surface area (Å²) >= 11 is 5.83. The van der Waals surface area contributed by atoms with Gasteiger partial charge in [-0.15, -0.1) is 0 Å². The van der Waals surface area contributed by atoms with Gasteiger partial charge in [-0.3, -0.25) is 4.98 Å². The van der Waals surface area contributed by atoms with E-state index >= 15 is 0 Å². The number of carbonyl (C=O) groups is 1. The van der Waals surface area contributed by atoms with Crippen molar-refractivity contribution in [2.75, 3.05) is 19.1 Å². The van der Waals surface area contributed by atoms with Gasteiger partial charge < -0.3 is 9.64 Å². The highest BCUT2D eigenvalue weighted by molar-refractivity contribution is 6.28. The smallest absolute Gasteiger partial charge is 0.356 e. The lowest BCUT2D eigenvalue weighted by Gasteiger charge is -2.18. The number of nitrogens with zero attached hydrogens (tertiary/aromatic N) is 4. The predicted octanol–water partition coefficient (Wildman–Crippen LogP) is 1.95. The summed E-state index contributed by atoms with van der Waals surface area (Å²) in [5, 5.41) is 0.000867. The minimum absolute atomic E-state index is 0.000867. The van der Waals surface area contributed by atoms with Crippen LogP contribution in [0.1, 0.15) is 16.1 Å². The molecule has 0 fully saturated rings. The van der Waals surface area contributed by atoms with Crippen molar-refractivity contribution in [2.45, 2.75) is 6.54 Å². The van der Waals surface area contributed by atoms with Gasteiger partial charge in [-0.05, 0) is 23.2 Å². The number of anilines is 1. The average Bonchev–Trinajstić information content (AvgIpc) is 2.46. The Hall–Kier alpha value is -2.21. The Labute approximate surface area is 121 Å². The highest BCUT2D eigenvalue weighted by atomic mass is 35.5. The first-order chi connectivity index (χ1) is 9.60. The van der Waals surface area contributed by atoms with Crippen LogP contribution in [0, 0.1) is 0 Å². The summed E-state index contributed by atoms with van der Waals surface area (Å²) in [6, 6.07) is 5.34. The normalized spacial score (nSPS) is 10.2. The molecule has 2 rings (SSSR count). The van der Waals surface area contributed by atoms with Gasteiger partial charge in [0.1, 0.15) is 5.82 Å². The maximum atomic E-state index is 11.5. The summed E-state index contributed by atoms with van der Waals surface area (Å²) in [6.07, 6.45) is 3.47. The van der Waals surface area contributed by atoms with Crippen LogP contribution in [0.2, 0.25) is 5.28 Å². The van der Waals surface area contributed by atoms with Gasteiger partial charge in [-0.2, -0.15) is 0 Å². The van der Waals surface area contributed by atoms with Crippen LogP contribution in [0.25, 0.3) is 0 Å². The Morgan fingerprint density at radius 1 is 1.45 bits per heavy atom. The van der Waals surface area contributed by atoms with Crippen molar-refractivity contribution in [3.63, 3.8) is 0 Å². The first-order valence-corrected chi connectivity index (χ1v) is 6.21. The molecule has 0 radical (unpaired) electrons. The number of rotatable bonds is 4. The number of hydrogen-bond donors (Lipinski definition) is 0. The van der Waals surface area contributed by atoms with Crippen LogP contribution < -0.4 is 4.90 Å². The molecule has 7 heteroatoms. The van der Waals surface area contributed by atoms with E-state index in [0.717, 1.165) is 5.56 Å². The van der Waals surface area contributed by atoms with E-state index in [1.54, 1.807) is 12.4 Å². The summed E-state index contributed by atoms with van der Waals surface area (Å²) in [5.41, 5.74) is 1.14. The fourth-order valence-corrected chi connectivity index (χ4v) is 1.83. The van der Waals surface area contributed by atoms with E-state index in [-0.39, 0.29) is 11.0 Å². The van der Waals surface area contributed by atoms with E-state index in [9.17, 15) is 4.79 Å². The third-order valence-electron chi connectivity index (χ3n) is 2.61. The van der Waals surface area contributed by atoms with Crippen molar-refractivity contribution in [2.24, 2.45) is 0 Å². The van der Waals surface area contributed by atoms with Crippen LogP contribution >= 0.6 is 11.6 Å². The monoisotopic (exact) mass is 292 g/mol. The van der Waals surface area contributed by atoms with Crippen LogP contribution in [0.3, 0.4) is 0 Å². The van der Waals surface area contributed by atoms with E-state index in [1.807, 2.05) is 24.1 Å². The van der Waals surface area contributed by atoms with Gasteiger partial charge in [0.15, 0.2) is 5.69 Å². The molecule has 0 spiro atoms. The number of aromatic nitrogens is 3. The summed E-state index contributed by atoms with van der Waals surface area (Å²) in [7, 11) is 3.13. The summed E-state index contributed by atoms with van der Waals surface area (Å²) in [6.45, 7) is 0.585. The standard InChI is InChI=1S/C13H13ClN4O2/c1-18(8-9-4-3-5-15-7-9)11-6-10(12(19)20-2)16-13(14)17-11/h3-7H,8H2,1-2H3. The lowest BCUT2D eigenvalue weighted by atomic mass is 10.2. The fourth-order valence-electron chi connectivity index (χ4n) is 1.66. The van der Waals surface area contributed by atoms with E-state index in [4.69, 9.17) is 11.6 Å². The molecule has 20 heavy (non-hydrogen) atoms. The molecular formula is C13H13ClN4O2. The van der Waals surface area contributed by atoms with Crippen LogP contribution in [0.5, 0.6) is 0 Å². The van der Waals surface area contributed by atoms with Gasteiger partial charge in [0.2, 0.25) is 5.28 Å². The molecule has 0 bridgehead atoms. The second-order valence-electron chi connectivity index (χ2n) is 4.09. The van der Waals surface area contributed by atoms with Crippen molar-refractivity contribution in [1.82, 2.24) is 15.0 Å². The minimum atomic E-state index is -0.551. The zero-order valence-corrected chi connectivity index (χ0v) is 11.8. The maximum Gasteiger partial charge on any atom is 0.356 e. The number of pyridine rings is 1. The van der Waals surface area contributed by atoms with Crippen LogP contribution in [-0.2, 0) is 11.3 Å². The third-order valence-corrected chi connectivity index (χ3v) is 2.78. The van der Waals surface area contributed by atoms with Gasteiger partial charge in [-0.1, -0.05) is 6.07 Å². The number of esters is 1. The van der Waals surface area contributed by atoms with Crippen LogP contribution in [0.4, 0.5) is 5.82 Å². The Kier molecular flexibility index (Phi) is 4.47. The van der Waals surface area contributed by atoms with Crippen molar-refractivity contribution >= 4 is 23.4 Å². The number of methoxy groups -OCH3 is 1. The number of ether oxygens (including phenoxy) is 1. The van der Waals surface area contributed by atoms with Crippen molar-refractivity contribution in [3.05, 3.63) is 47.1 Å². The molecule has 0 saturated heterocycles. The van der Waals surface area contributed by atoms with Crippen LogP contribution in [-0.4, -0.2) is 35.1 Å². The topological polar surface area (TPSA) is 68.2 Å². The zero-order valence-electron chi connectivity index (χ0n) is 11.1. The third kappa shape index (κ3) is 3.42. The molecule has 0 amide bonds. The number of hydrogen-bond acceptors (Lipinski definition) is 6. The van der Waals surface area contributed by atoms with Crippen molar-refractivity contribution in [1.29, 1.82) is 0 Å². The fraction of sp³-hybridized carbons (Fsp3) is 0.231. The molecule has 0 unspecified atom stereocenters. The van der Waals surface area contributed by atoms with Gasteiger partial charge in [0, 0.05) is 32.1 Å². The number of halogens is 1. The predicted molar refractivity (Wildman–Crippen MR) is 74.7 cm³/mol. The quantitative estimate of drug-likeness (QED) is 0.634. The lowest BCUT2D eigenvalue weighted by molar-refractivity contribution is 0.0594. The largest absolute Gasteiger partial charge is 0.464 e. The maximum absolute atomic E-state index is 11.5. The van der Waals surface area contributed by atoms with E-state index in [2.05, 4.69) is 19.7 Å². The molecule has 0 aromatic carbocycles. The van der Waals surface area contributed by atoms with Gasteiger partial charge in [0.05, 0.1) is 7.11 Å². The zero-order chi connectivity index (χ0) is 14.5. The van der Waals surface area contributed by atoms with Gasteiger partial charge >= 0.3 is 5.97 Å². The summed E-state index contributed by atoms with van der Waals surface area (Å²) < 4.78 is 4.63. The van der Waals surface area contributed by atoms with Gasteiger partial charge in [0.25, 0.3) is 0 Å².